The second-order valence-corrected chi connectivity index (χ2v) is 4.96. The summed E-state index contributed by atoms with van der Waals surface area (Å²) in [7, 11) is 2.17. The molecule has 0 bridgehead atoms. The fourth-order valence-electron chi connectivity index (χ4n) is 1.05. The first-order chi connectivity index (χ1) is 5.83. The summed E-state index contributed by atoms with van der Waals surface area (Å²) < 4.78 is 1.27. The molecule has 0 radical (unpaired) electrons. The van der Waals surface area contributed by atoms with Crippen LogP contribution >= 0.6 is 0 Å². The van der Waals surface area contributed by atoms with Crippen LogP contribution in [-0.2, 0) is 6.54 Å². The maximum absolute atomic E-state index is 3.99. The van der Waals surface area contributed by atoms with E-state index in [1.54, 1.807) is 0 Å². The first-order valence-corrected chi connectivity index (χ1v) is 7.52. The topological polar surface area (TPSA) is 16.1 Å². The van der Waals surface area contributed by atoms with E-state index in [1.165, 1.54) is 10.1 Å². The van der Waals surface area contributed by atoms with Gasteiger partial charge in [0, 0.05) is 0 Å². The Hall–Kier alpha value is -0.160. The molecule has 12 heavy (non-hydrogen) atoms. The van der Waals surface area contributed by atoms with Gasteiger partial charge in [-0.3, -0.25) is 0 Å². The van der Waals surface area contributed by atoms with E-state index in [4.69, 9.17) is 0 Å². The fraction of sp³-hybridized carbons (Fsp3) is 0.444. The van der Waals surface area contributed by atoms with Gasteiger partial charge in [0.15, 0.2) is 0 Å². The van der Waals surface area contributed by atoms with E-state index < -0.39 is 0 Å². The van der Waals surface area contributed by atoms with Gasteiger partial charge in [-0.2, -0.15) is 0 Å². The van der Waals surface area contributed by atoms with Crippen LogP contribution in [0.1, 0.15) is 5.56 Å². The van der Waals surface area contributed by atoms with Gasteiger partial charge in [0.2, 0.25) is 0 Å². The van der Waals surface area contributed by atoms with Crippen molar-refractivity contribution in [2.45, 2.75) is 6.54 Å². The molecule has 0 amide bonds. The monoisotopic (exact) mass is 277 g/mol. The van der Waals surface area contributed by atoms with Gasteiger partial charge in [-0.1, -0.05) is 0 Å². The molecular weight excluding hydrogens is 263 g/mol. The zero-order valence-electron chi connectivity index (χ0n) is 7.50. The zero-order valence-corrected chi connectivity index (χ0v) is 9.65. The van der Waals surface area contributed by atoms with Gasteiger partial charge >= 0.3 is 84.3 Å². The Morgan fingerprint density at radius 1 is 1.42 bits per heavy atom. The van der Waals surface area contributed by atoms with E-state index in [0.29, 0.717) is 21.2 Å². The first kappa shape index (κ1) is 9.92. The Labute approximate surface area is 84.3 Å². The Balaban J connectivity index is 2.41. The molecule has 0 aliphatic rings. The van der Waals surface area contributed by atoms with Gasteiger partial charge in [0.1, 0.15) is 0 Å². The molecule has 0 saturated carbocycles. The number of halogens is 1. The van der Waals surface area contributed by atoms with Crippen molar-refractivity contribution in [3.8, 4) is 0 Å². The average Bonchev–Trinajstić information content (AvgIpc) is 2.06. The third-order valence-corrected chi connectivity index (χ3v) is 3.37. The Kier molecular flexibility index (Phi) is 4.53. The van der Waals surface area contributed by atoms with Crippen LogP contribution in [0.2, 0.25) is 0 Å². The minimum atomic E-state index is 0.379. The Morgan fingerprint density at radius 2 is 2.08 bits per heavy atom. The first-order valence-electron chi connectivity index (χ1n) is 3.84. The number of hydrogen-bond acceptors (Lipinski definition) is 2. The number of rotatable bonds is 4. The fourth-order valence-corrected chi connectivity index (χ4v) is 2.45. The second-order valence-electron chi connectivity index (χ2n) is 2.76. The molecule has 0 spiro atoms. The number of hydrogen-bond donors (Lipinski definition) is 0. The summed E-state index contributed by atoms with van der Waals surface area (Å²) in [5, 5.41) is 0. The van der Waals surface area contributed by atoms with E-state index in [1.807, 2.05) is 12.4 Å². The molecule has 1 heterocycles. The second kappa shape index (κ2) is 5.48. The van der Waals surface area contributed by atoms with E-state index in [9.17, 15) is 0 Å². The van der Waals surface area contributed by atoms with Crippen molar-refractivity contribution < 1.29 is 21.2 Å². The van der Waals surface area contributed by atoms with Crippen molar-refractivity contribution in [3.63, 3.8) is 0 Å². The van der Waals surface area contributed by atoms with Crippen LogP contribution in [0.15, 0.2) is 24.5 Å². The van der Waals surface area contributed by atoms with Crippen LogP contribution < -0.4 is 21.2 Å². The van der Waals surface area contributed by atoms with Gasteiger partial charge in [-0.05, 0) is 0 Å². The third-order valence-electron chi connectivity index (χ3n) is 1.53. The normalized spacial score (nSPS) is 10.9. The molecule has 3 heteroatoms. The molecule has 0 atom stereocenters. The van der Waals surface area contributed by atoms with Crippen molar-refractivity contribution >= 4 is 0 Å². The summed E-state index contributed by atoms with van der Waals surface area (Å²) in [4.78, 5) is 8.66. The molecule has 0 saturated heterocycles. The molecule has 0 N–H and O–H groups in total. The molecule has 0 fully saturated rings. The summed E-state index contributed by atoms with van der Waals surface area (Å²) in [5.41, 5.74) is 1.35. The molecule has 1 aromatic heterocycles. The number of nitrogens with zero attached hydrogens (tertiary/aromatic N) is 2. The van der Waals surface area contributed by atoms with Gasteiger partial charge in [-0.25, -0.2) is 0 Å². The predicted molar refractivity (Wildman–Crippen MR) is 46.5 cm³/mol. The van der Waals surface area contributed by atoms with Crippen molar-refractivity contribution in [1.82, 2.24) is 9.88 Å². The third kappa shape index (κ3) is 3.49. The molecule has 0 aliphatic carbocycles. The van der Waals surface area contributed by atoms with Crippen LogP contribution in [-0.4, -0.2) is 26.4 Å². The van der Waals surface area contributed by atoms with Crippen LogP contribution in [0.3, 0.4) is 0 Å². The standard InChI is InChI=1S/C9H14IN2/c1-10-8-12(2)7-9-3-5-11-6-4-9/h3-6H,7-8H2,1-2H3/q-1. The molecule has 1 aromatic rings. The van der Waals surface area contributed by atoms with Gasteiger partial charge in [0.25, 0.3) is 0 Å². The van der Waals surface area contributed by atoms with Crippen LogP contribution in [0.4, 0.5) is 0 Å². The molecule has 1 rings (SSSR count). The summed E-state index contributed by atoms with van der Waals surface area (Å²) in [6.45, 7) is 1.05. The summed E-state index contributed by atoms with van der Waals surface area (Å²) in [6.07, 6.45) is 3.70. The van der Waals surface area contributed by atoms with Crippen molar-refractivity contribution in [2.75, 3.05) is 16.5 Å². The predicted octanol–water partition coefficient (Wildman–Crippen LogP) is -1.81. The Morgan fingerprint density at radius 3 is 2.67 bits per heavy atom. The summed E-state index contributed by atoms with van der Waals surface area (Å²) in [5.74, 6) is 0. The zero-order chi connectivity index (χ0) is 8.81. The van der Waals surface area contributed by atoms with Gasteiger partial charge in [-0.15, -0.1) is 0 Å². The van der Waals surface area contributed by atoms with Gasteiger partial charge in [0.05, 0.1) is 0 Å². The van der Waals surface area contributed by atoms with Crippen molar-refractivity contribution in [3.05, 3.63) is 30.1 Å². The van der Waals surface area contributed by atoms with E-state index in [2.05, 4.69) is 34.0 Å². The molecule has 68 valence electrons. The molecule has 0 aliphatic heterocycles. The minimum absolute atomic E-state index is 0.379. The molecular formula is C9H14IN2-. The Bertz CT molecular complexity index is 213. The number of aromatic nitrogens is 1. The molecule has 0 aromatic carbocycles. The van der Waals surface area contributed by atoms with Crippen LogP contribution in [0.25, 0.3) is 0 Å². The number of alkyl halides is 2. The van der Waals surface area contributed by atoms with Crippen LogP contribution in [0, 0.1) is 0 Å². The van der Waals surface area contributed by atoms with E-state index >= 15 is 0 Å². The molecule has 0 unspecified atom stereocenters. The maximum atomic E-state index is 3.99. The average molecular weight is 277 g/mol. The van der Waals surface area contributed by atoms with Crippen LogP contribution in [0.5, 0.6) is 0 Å². The van der Waals surface area contributed by atoms with Crippen molar-refractivity contribution in [1.29, 1.82) is 0 Å². The summed E-state index contributed by atoms with van der Waals surface area (Å²) >= 11 is 0.379. The SMILES string of the molecule is C[I-]CN(C)Cc1ccncc1. The van der Waals surface area contributed by atoms with Crippen molar-refractivity contribution in [2.24, 2.45) is 0 Å². The van der Waals surface area contributed by atoms with E-state index in [0.717, 1.165) is 6.54 Å². The van der Waals surface area contributed by atoms with E-state index in [-0.39, 0.29) is 0 Å². The van der Waals surface area contributed by atoms with Gasteiger partial charge < -0.3 is 0 Å². The number of pyridine rings is 1. The molecule has 2 nitrogen and oxygen atoms in total. The quantitative estimate of drug-likeness (QED) is 0.366. The summed E-state index contributed by atoms with van der Waals surface area (Å²) in [6, 6.07) is 4.15.